The summed E-state index contributed by atoms with van der Waals surface area (Å²) in [5.74, 6) is -0.731. The molecule has 0 aliphatic carbocycles. The topological polar surface area (TPSA) is 43.8 Å². The van der Waals surface area contributed by atoms with Gasteiger partial charge in [0.25, 0.3) is 0 Å². The van der Waals surface area contributed by atoms with E-state index < -0.39 is 5.97 Å². The summed E-state index contributed by atoms with van der Waals surface area (Å²) in [5, 5.41) is 9.06. The molecule has 1 aliphatic heterocycles. The van der Waals surface area contributed by atoms with Gasteiger partial charge in [0.2, 0.25) is 0 Å². The Kier molecular flexibility index (Phi) is 4.78. The van der Waals surface area contributed by atoms with Crippen LogP contribution in [0.25, 0.3) is 0 Å². The maximum Gasteiger partial charge on any atom is 0.320 e. The van der Waals surface area contributed by atoms with Gasteiger partial charge in [-0.3, -0.25) is 14.6 Å². The third-order valence-electron chi connectivity index (χ3n) is 4.36. The van der Waals surface area contributed by atoms with Crippen LogP contribution in [0.1, 0.15) is 31.0 Å². The standard InChI is InChI=1S/C16H24N2O2/c1-12-4-6-15(7-5-12)13(2)17-8-10-18(11-9-17)14(3)16(19)20/h4-7,13-14H,8-11H2,1-3H3,(H,19,20). The van der Waals surface area contributed by atoms with Crippen molar-refractivity contribution >= 4 is 5.97 Å². The second-order valence-electron chi connectivity index (χ2n) is 5.67. The van der Waals surface area contributed by atoms with Gasteiger partial charge in [0.1, 0.15) is 6.04 Å². The highest BCUT2D eigenvalue weighted by atomic mass is 16.4. The van der Waals surface area contributed by atoms with Gasteiger partial charge in [-0.15, -0.1) is 0 Å². The van der Waals surface area contributed by atoms with Crippen LogP contribution < -0.4 is 0 Å². The minimum Gasteiger partial charge on any atom is -0.480 e. The van der Waals surface area contributed by atoms with Crippen molar-refractivity contribution in [3.63, 3.8) is 0 Å². The van der Waals surface area contributed by atoms with Gasteiger partial charge in [-0.2, -0.15) is 0 Å². The van der Waals surface area contributed by atoms with Crippen molar-refractivity contribution in [1.29, 1.82) is 0 Å². The Bertz CT molecular complexity index is 450. The van der Waals surface area contributed by atoms with E-state index in [1.807, 2.05) is 4.90 Å². The monoisotopic (exact) mass is 276 g/mol. The lowest BCUT2D eigenvalue weighted by molar-refractivity contribution is -0.143. The molecule has 0 bridgehead atoms. The molecule has 1 saturated heterocycles. The van der Waals surface area contributed by atoms with E-state index in [2.05, 4.69) is 43.0 Å². The first-order valence-electron chi connectivity index (χ1n) is 7.26. The summed E-state index contributed by atoms with van der Waals surface area (Å²) in [5.41, 5.74) is 2.61. The van der Waals surface area contributed by atoms with Crippen LogP contribution in [0.2, 0.25) is 0 Å². The molecule has 1 heterocycles. The number of piperazine rings is 1. The maximum atomic E-state index is 11.0. The molecule has 0 saturated carbocycles. The third-order valence-corrected chi connectivity index (χ3v) is 4.36. The van der Waals surface area contributed by atoms with E-state index >= 15 is 0 Å². The third kappa shape index (κ3) is 3.38. The number of benzene rings is 1. The van der Waals surface area contributed by atoms with E-state index in [9.17, 15) is 4.79 Å². The number of nitrogens with zero attached hydrogens (tertiary/aromatic N) is 2. The van der Waals surface area contributed by atoms with Gasteiger partial charge in [-0.05, 0) is 26.3 Å². The summed E-state index contributed by atoms with van der Waals surface area (Å²) >= 11 is 0. The van der Waals surface area contributed by atoms with Gasteiger partial charge in [-0.25, -0.2) is 0 Å². The highest BCUT2D eigenvalue weighted by molar-refractivity contribution is 5.72. The molecule has 4 heteroatoms. The summed E-state index contributed by atoms with van der Waals surface area (Å²) in [6, 6.07) is 8.67. The van der Waals surface area contributed by atoms with Gasteiger partial charge < -0.3 is 5.11 Å². The Morgan fingerprint density at radius 3 is 2.05 bits per heavy atom. The zero-order valence-corrected chi connectivity index (χ0v) is 12.5. The molecule has 4 nitrogen and oxygen atoms in total. The van der Waals surface area contributed by atoms with Crippen molar-refractivity contribution in [3.8, 4) is 0 Å². The molecule has 1 aliphatic rings. The van der Waals surface area contributed by atoms with E-state index in [1.54, 1.807) is 6.92 Å². The summed E-state index contributed by atoms with van der Waals surface area (Å²) in [4.78, 5) is 15.5. The first-order chi connectivity index (χ1) is 9.49. The summed E-state index contributed by atoms with van der Waals surface area (Å²) in [6.07, 6.45) is 0. The first-order valence-corrected chi connectivity index (χ1v) is 7.26. The van der Waals surface area contributed by atoms with Crippen molar-refractivity contribution in [2.75, 3.05) is 26.2 Å². The predicted molar refractivity (Wildman–Crippen MR) is 79.8 cm³/mol. The molecule has 0 aromatic heterocycles. The fourth-order valence-electron chi connectivity index (χ4n) is 2.72. The minimum atomic E-state index is -0.731. The number of carboxylic acids is 1. The molecule has 1 N–H and O–H groups in total. The van der Waals surface area contributed by atoms with Crippen molar-refractivity contribution in [1.82, 2.24) is 9.80 Å². The molecular formula is C16H24N2O2. The zero-order valence-electron chi connectivity index (χ0n) is 12.5. The molecular weight excluding hydrogens is 252 g/mol. The van der Waals surface area contributed by atoms with E-state index in [0.717, 1.165) is 26.2 Å². The second-order valence-corrected chi connectivity index (χ2v) is 5.67. The van der Waals surface area contributed by atoms with Crippen LogP contribution in [0.3, 0.4) is 0 Å². The molecule has 110 valence electrons. The SMILES string of the molecule is Cc1ccc(C(C)N2CCN(C(C)C(=O)O)CC2)cc1. The van der Waals surface area contributed by atoms with Crippen LogP contribution >= 0.6 is 0 Å². The van der Waals surface area contributed by atoms with Gasteiger partial charge in [0.05, 0.1) is 0 Å². The number of hydrogen-bond acceptors (Lipinski definition) is 3. The lowest BCUT2D eigenvalue weighted by Crippen LogP contribution is -2.52. The molecule has 1 fully saturated rings. The molecule has 0 spiro atoms. The molecule has 2 atom stereocenters. The normalized spacial score (nSPS) is 20.6. The highest BCUT2D eigenvalue weighted by Gasteiger charge is 2.27. The molecule has 1 aromatic rings. The van der Waals surface area contributed by atoms with E-state index in [1.165, 1.54) is 11.1 Å². The van der Waals surface area contributed by atoms with Gasteiger partial charge >= 0.3 is 5.97 Å². The molecule has 1 aromatic carbocycles. The van der Waals surface area contributed by atoms with Gasteiger partial charge in [-0.1, -0.05) is 29.8 Å². The predicted octanol–water partition coefficient (Wildman–Crippen LogP) is 2.15. The maximum absolute atomic E-state index is 11.0. The summed E-state index contributed by atoms with van der Waals surface area (Å²) in [6.45, 7) is 9.58. The van der Waals surface area contributed by atoms with Crippen LogP contribution in [0.4, 0.5) is 0 Å². The summed E-state index contributed by atoms with van der Waals surface area (Å²) < 4.78 is 0. The van der Waals surface area contributed by atoms with Gasteiger partial charge in [0, 0.05) is 32.2 Å². The Morgan fingerprint density at radius 1 is 1.05 bits per heavy atom. The largest absolute Gasteiger partial charge is 0.480 e. The quantitative estimate of drug-likeness (QED) is 0.915. The van der Waals surface area contributed by atoms with Gasteiger partial charge in [0.15, 0.2) is 0 Å². The van der Waals surface area contributed by atoms with Crippen molar-refractivity contribution < 1.29 is 9.90 Å². The molecule has 20 heavy (non-hydrogen) atoms. The van der Waals surface area contributed by atoms with Crippen LogP contribution in [-0.2, 0) is 4.79 Å². The Hall–Kier alpha value is -1.39. The van der Waals surface area contributed by atoms with Crippen LogP contribution in [0, 0.1) is 6.92 Å². The van der Waals surface area contributed by atoms with Crippen molar-refractivity contribution in [2.45, 2.75) is 32.9 Å². The number of carbonyl (C=O) groups is 1. The average Bonchev–Trinajstić information content (AvgIpc) is 2.46. The molecule has 2 unspecified atom stereocenters. The smallest absolute Gasteiger partial charge is 0.320 e. The lowest BCUT2D eigenvalue weighted by atomic mass is 10.0. The Balaban J connectivity index is 1.93. The minimum absolute atomic E-state index is 0.383. The lowest BCUT2D eigenvalue weighted by Gasteiger charge is -2.39. The van der Waals surface area contributed by atoms with Crippen molar-refractivity contribution in [3.05, 3.63) is 35.4 Å². The number of rotatable bonds is 4. The number of aliphatic carboxylic acids is 1. The molecule has 2 rings (SSSR count). The van der Waals surface area contributed by atoms with E-state index in [4.69, 9.17) is 5.11 Å². The molecule has 0 radical (unpaired) electrons. The number of aryl methyl sites for hydroxylation is 1. The zero-order chi connectivity index (χ0) is 14.7. The number of hydrogen-bond donors (Lipinski definition) is 1. The summed E-state index contributed by atoms with van der Waals surface area (Å²) in [7, 11) is 0. The van der Waals surface area contributed by atoms with E-state index in [-0.39, 0.29) is 6.04 Å². The highest BCUT2D eigenvalue weighted by Crippen LogP contribution is 2.22. The van der Waals surface area contributed by atoms with Crippen LogP contribution in [0.5, 0.6) is 0 Å². The number of carboxylic acid groups (broad SMARTS) is 1. The Morgan fingerprint density at radius 2 is 1.55 bits per heavy atom. The van der Waals surface area contributed by atoms with Crippen LogP contribution in [-0.4, -0.2) is 53.1 Å². The first kappa shape index (κ1) is 15.0. The van der Waals surface area contributed by atoms with E-state index in [0.29, 0.717) is 6.04 Å². The molecule has 0 amide bonds. The Labute approximate surface area is 121 Å². The van der Waals surface area contributed by atoms with Crippen LogP contribution in [0.15, 0.2) is 24.3 Å². The second kappa shape index (κ2) is 6.37. The fourth-order valence-corrected chi connectivity index (χ4v) is 2.72. The van der Waals surface area contributed by atoms with Crippen molar-refractivity contribution in [2.24, 2.45) is 0 Å². The fraction of sp³-hybridized carbons (Fsp3) is 0.562. The average molecular weight is 276 g/mol.